The Kier molecular flexibility index (Phi) is 6.99. The molecule has 0 saturated carbocycles. The van der Waals surface area contributed by atoms with E-state index in [9.17, 15) is 14.9 Å². The summed E-state index contributed by atoms with van der Waals surface area (Å²) in [5, 5.41) is 14.5. The normalized spacial score (nSPS) is 17.8. The Balaban J connectivity index is 1.40. The Labute approximate surface area is 187 Å². The van der Waals surface area contributed by atoms with Crippen LogP contribution in [-0.4, -0.2) is 80.2 Å². The maximum absolute atomic E-state index is 12.7. The topological polar surface area (TPSA) is 91.2 Å². The molecule has 0 aliphatic carbocycles. The standard InChI is InChI=1S/C23H29N5O4/c1-25-8-10-26(11-9-25)17-18-2-5-20(6-3-18)24-23(29)19-4-7-21(22(16-19)28(30)31)27-12-14-32-15-13-27/h2-7,16H,8-15,17H2,1H3,(H,24,29). The zero-order valence-corrected chi connectivity index (χ0v) is 18.3. The first kappa shape index (κ1) is 22.2. The van der Waals surface area contributed by atoms with Gasteiger partial charge in [0, 0.05) is 63.1 Å². The molecule has 170 valence electrons. The highest BCUT2D eigenvalue weighted by atomic mass is 16.6. The van der Waals surface area contributed by atoms with Gasteiger partial charge in [0.05, 0.1) is 18.1 Å². The minimum atomic E-state index is -0.436. The Hall–Kier alpha value is -3.01. The molecule has 32 heavy (non-hydrogen) atoms. The summed E-state index contributed by atoms with van der Waals surface area (Å²) in [7, 11) is 2.14. The van der Waals surface area contributed by atoms with Crippen LogP contribution in [0.15, 0.2) is 42.5 Å². The molecule has 0 spiro atoms. The van der Waals surface area contributed by atoms with Crippen molar-refractivity contribution >= 4 is 23.0 Å². The Morgan fingerprint density at radius 3 is 2.38 bits per heavy atom. The number of anilines is 2. The molecule has 0 bridgehead atoms. The largest absolute Gasteiger partial charge is 0.378 e. The highest BCUT2D eigenvalue weighted by Gasteiger charge is 2.23. The number of morpholine rings is 1. The predicted molar refractivity (Wildman–Crippen MR) is 123 cm³/mol. The SMILES string of the molecule is CN1CCN(Cc2ccc(NC(=O)c3ccc(N4CCOCC4)c([N+](=O)[O-])c3)cc2)CC1. The monoisotopic (exact) mass is 439 g/mol. The summed E-state index contributed by atoms with van der Waals surface area (Å²) in [4.78, 5) is 30.6. The van der Waals surface area contributed by atoms with Gasteiger partial charge in [-0.05, 0) is 36.9 Å². The number of piperazine rings is 1. The quantitative estimate of drug-likeness (QED) is 0.546. The van der Waals surface area contributed by atoms with Gasteiger partial charge in [-0.1, -0.05) is 12.1 Å². The lowest BCUT2D eigenvalue weighted by Crippen LogP contribution is -2.43. The number of nitrogens with zero attached hydrogens (tertiary/aromatic N) is 4. The summed E-state index contributed by atoms with van der Waals surface area (Å²) >= 11 is 0. The van der Waals surface area contributed by atoms with Crippen molar-refractivity contribution < 1.29 is 14.5 Å². The Morgan fingerprint density at radius 2 is 1.72 bits per heavy atom. The summed E-state index contributed by atoms with van der Waals surface area (Å²) in [5.41, 5.74) is 2.57. The Morgan fingerprint density at radius 1 is 1.03 bits per heavy atom. The van der Waals surface area contributed by atoms with E-state index in [1.807, 2.05) is 29.2 Å². The number of ether oxygens (including phenoxy) is 1. The minimum Gasteiger partial charge on any atom is -0.378 e. The van der Waals surface area contributed by atoms with Crippen LogP contribution in [-0.2, 0) is 11.3 Å². The number of nitrogens with one attached hydrogen (secondary N) is 1. The van der Waals surface area contributed by atoms with Crippen LogP contribution in [0.1, 0.15) is 15.9 Å². The van der Waals surface area contributed by atoms with E-state index in [0.29, 0.717) is 37.7 Å². The van der Waals surface area contributed by atoms with Crippen molar-refractivity contribution in [3.63, 3.8) is 0 Å². The van der Waals surface area contributed by atoms with Gasteiger partial charge in [-0.3, -0.25) is 19.8 Å². The van der Waals surface area contributed by atoms with E-state index in [0.717, 1.165) is 32.7 Å². The van der Waals surface area contributed by atoms with Crippen LogP contribution in [0.5, 0.6) is 0 Å². The van der Waals surface area contributed by atoms with E-state index in [1.165, 1.54) is 11.6 Å². The second-order valence-electron chi connectivity index (χ2n) is 8.29. The minimum absolute atomic E-state index is 0.0675. The Bertz CT molecular complexity index is 951. The fourth-order valence-corrected chi connectivity index (χ4v) is 4.04. The molecule has 2 aliphatic heterocycles. The third kappa shape index (κ3) is 5.42. The molecule has 0 aromatic heterocycles. The lowest BCUT2D eigenvalue weighted by atomic mass is 10.1. The van der Waals surface area contributed by atoms with E-state index < -0.39 is 4.92 Å². The van der Waals surface area contributed by atoms with E-state index in [-0.39, 0.29) is 17.2 Å². The van der Waals surface area contributed by atoms with Crippen LogP contribution in [0.2, 0.25) is 0 Å². The van der Waals surface area contributed by atoms with E-state index >= 15 is 0 Å². The van der Waals surface area contributed by atoms with Crippen LogP contribution >= 0.6 is 0 Å². The molecular formula is C23H29N5O4. The lowest BCUT2D eigenvalue weighted by molar-refractivity contribution is -0.384. The third-order valence-electron chi connectivity index (χ3n) is 6.00. The average Bonchev–Trinajstić information content (AvgIpc) is 2.82. The van der Waals surface area contributed by atoms with Crippen molar-refractivity contribution in [3.8, 4) is 0 Å². The highest BCUT2D eigenvalue weighted by molar-refractivity contribution is 6.05. The van der Waals surface area contributed by atoms with Crippen molar-refractivity contribution in [3.05, 3.63) is 63.7 Å². The number of hydrogen-bond acceptors (Lipinski definition) is 7. The first-order chi connectivity index (χ1) is 15.5. The molecule has 4 rings (SSSR count). The van der Waals surface area contributed by atoms with Crippen molar-refractivity contribution in [1.82, 2.24) is 9.80 Å². The molecule has 0 radical (unpaired) electrons. The molecule has 2 aromatic rings. The van der Waals surface area contributed by atoms with Gasteiger partial charge in [0.2, 0.25) is 0 Å². The van der Waals surface area contributed by atoms with E-state index in [2.05, 4.69) is 22.2 Å². The highest BCUT2D eigenvalue weighted by Crippen LogP contribution is 2.30. The van der Waals surface area contributed by atoms with Gasteiger partial charge in [0.15, 0.2) is 0 Å². The lowest BCUT2D eigenvalue weighted by Gasteiger charge is -2.32. The molecule has 2 fully saturated rings. The number of rotatable bonds is 6. The molecule has 2 aromatic carbocycles. The molecule has 2 aliphatic rings. The van der Waals surface area contributed by atoms with Crippen molar-refractivity contribution in [1.29, 1.82) is 0 Å². The van der Waals surface area contributed by atoms with Crippen LogP contribution in [0, 0.1) is 10.1 Å². The molecule has 2 heterocycles. The number of benzene rings is 2. The number of nitro groups is 1. The van der Waals surface area contributed by atoms with Crippen molar-refractivity contribution in [2.75, 3.05) is 69.7 Å². The summed E-state index contributed by atoms with van der Waals surface area (Å²) < 4.78 is 5.32. The third-order valence-corrected chi connectivity index (χ3v) is 6.00. The summed E-state index contributed by atoms with van der Waals surface area (Å²) in [6.45, 7) is 7.38. The average molecular weight is 440 g/mol. The van der Waals surface area contributed by atoms with Gasteiger partial charge >= 0.3 is 0 Å². The smallest absolute Gasteiger partial charge is 0.293 e. The molecular weight excluding hydrogens is 410 g/mol. The van der Waals surface area contributed by atoms with Gasteiger partial charge in [-0.2, -0.15) is 0 Å². The van der Waals surface area contributed by atoms with E-state index in [1.54, 1.807) is 12.1 Å². The molecule has 9 nitrogen and oxygen atoms in total. The number of carbonyl (C=O) groups is 1. The molecule has 9 heteroatoms. The molecule has 1 amide bonds. The molecule has 1 N–H and O–H groups in total. The summed E-state index contributed by atoms with van der Waals surface area (Å²) in [6, 6.07) is 12.4. The number of carbonyl (C=O) groups excluding carboxylic acids is 1. The van der Waals surface area contributed by atoms with Crippen LogP contribution in [0.25, 0.3) is 0 Å². The van der Waals surface area contributed by atoms with Gasteiger partial charge in [0.25, 0.3) is 11.6 Å². The second-order valence-corrected chi connectivity index (χ2v) is 8.29. The fraction of sp³-hybridized carbons (Fsp3) is 0.435. The van der Waals surface area contributed by atoms with Crippen LogP contribution < -0.4 is 10.2 Å². The fourth-order valence-electron chi connectivity index (χ4n) is 4.04. The van der Waals surface area contributed by atoms with Gasteiger partial charge in [-0.15, -0.1) is 0 Å². The van der Waals surface area contributed by atoms with Crippen molar-refractivity contribution in [2.24, 2.45) is 0 Å². The number of amides is 1. The number of nitro benzene ring substituents is 1. The number of hydrogen-bond donors (Lipinski definition) is 1. The molecule has 0 atom stereocenters. The maximum atomic E-state index is 12.7. The molecule has 0 unspecified atom stereocenters. The van der Waals surface area contributed by atoms with E-state index in [4.69, 9.17) is 4.74 Å². The van der Waals surface area contributed by atoms with Gasteiger partial charge in [0.1, 0.15) is 5.69 Å². The van der Waals surface area contributed by atoms with Crippen LogP contribution in [0.4, 0.5) is 17.1 Å². The predicted octanol–water partition coefficient (Wildman–Crippen LogP) is 2.43. The van der Waals surface area contributed by atoms with Crippen LogP contribution in [0.3, 0.4) is 0 Å². The zero-order valence-electron chi connectivity index (χ0n) is 18.3. The second kappa shape index (κ2) is 10.1. The first-order valence-corrected chi connectivity index (χ1v) is 10.9. The van der Waals surface area contributed by atoms with Gasteiger partial charge in [-0.25, -0.2) is 0 Å². The first-order valence-electron chi connectivity index (χ1n) is 10.9. The summed E-state index contributed by atoms with van der Waals surface area (Å²) in [5.74, 6) is -0.367. The molecule has 2 saturated heterocycles. The van der Waals surface area contributed by atoms with Gasteiger partial charge < -0.3 is 19.9 Å². The van der Waals surface area contributed by atoms with Crippen molar-refractivity contribution in [2.45, 2.75) is 6.54 Å². The maximum Gasteiger partial charge on any atom is 0.293 e. The zero-order chi connectivity index (χ0) is 22.5. The summed E-state index contributed by atoms with van der Waals surface area (Å²) in [6.07, 6.45) is 0. The number of likely N-dealkylation sites (N-methyl/N-ethyl adjacent to an activating group) is 1.